The number of hydrogen-bond acceptors (Lipinski definition) is 4. The fraction of sp³-hybridized carbons (Fsp3) is 0.176. The highest BCUT2D eigenvalue weighted by Crippen LogP contribution is 2.34. The number of halogens is 3. The molecule has 0 radical (unpaired) electrons. The summed E-state index contributed by atoms with van der Waals surface area (Å²) in [4.78, 5) is 12.1. The number of nitrogens with zero attached hydrogens (tertiary/aromatic N) is 1. The molecular weight excluding hydrogens is 337 g/mol. The minimum absolute atomic E-state index is 0.0207. The van der Waals surface area contributed by atoms with E-state index in [4.69, 9.17) is 4.52 Å². The van der Waals surface area contributed by atoms with Gasteiger partial charge < -0.3 is 14.3 Å². The number of alkyl halides is 3. The van der Waals surface area contributed by atoms with Gasteiger partial charge in [0.2, 0.25) is 5.76 Å². The van der Waals surface area contributed by atoms with Gasteiger partial charge in [0, 0.05) is 23.7 Å². The second-order valence-corrected chi connectivity index (χ2v) is 5.33. The Morgan fingerprint density at radius 3 is 2.60 bits per heavy atom. The molecule has 0 aliphatic heterocycles. The van der Waals surface area contributed by atoms with Gasteiger partial charge in [0.15, 0.2) is 11.5 Å². The Hall–Kier alpha value is -3.03. The molecule has 0 spiro atoms. The molecule has 0 bridgehead atoms. The lowest BCUT2D eigenvalue weighted by atomic mass is 10.1. The number of hydrogen-bond donors (Lipinski definition) is 1. The average Bonchev–Trinajstić information content (AvgIpc) is 3.20. The molecule has 2 aromatic heterocycles. The van der Waals surface area contributed by atoms with Crippen molar-refractivity contribution in [3.8, 4) is 11.3 Å². The van der Waals surface area contributed by atoms with Crippen LogP contribution in [0.3, 0.4) is 0 Å². The first-order valence-electron chi connectivity index (χ1n) is 7.31. The molecule has 1 N–H and O–H groups in total. The summed E-state index contributed by atoms with van der Waals surface area (Å²) in [6, 6.07) is 11.7. The number of carbonyl (C=O) groups excluding carboxylic acids is 1. The number of rotatable bonds is 4. The molecule has 3 aromatic rings. The SMILES string of the molecule is Cc1cc(CNC(=O)c2cc(-c3ccccc3)on2)c(C(F)(F)F)o1. The van der Waals surface area contributed by atoms with E-state index in [1.807, 2.05) is 6.07 Å². The van der Waals surface area contributed by atoms with Crippen LogP contribution in [-0.2, 0) is 12.7 Å². The van der Waals surface area contributed by atoms with Crippen molar-refractivity contribution in [1.29, 1.82) is 0 Å². The Bertz CT molecular complexity index is 882. The quantitative estimate of drug-likeness (QED) is 0.766. The Balaban J connectivity index is 1.71. The van der Waals surface area contributed by atoms with Crippen LogP contribution < -0.4 is 5.32 Å². The fourth-order valence-electron chi connectivity index (χ4n) is 2.32. The van der Waals surface area contributed by atoms with Gasteiger partial charge in [0.1, 0.15) is 5.76 Å². The van der Waals surface area contributed by atoms with Crippen molar-refractivity contribution < 1.29 is 26.9 Å². The van der Waals surface area contributed by atoms with Crippen molar-refractivity contribution in [1.82, 2.24) is 10.5 Å². The largest absolute Gasteiger partial charge is 0.456 e. The predicted octanol–water partition coefficient (Wildman–Crippen LogP) is 4.19. The van der Waals surface area contributed by atoms with Crippen molar-refractivity contribution in [3.05, 3.63) is 65.2 Å². The van der Waals surface area contributed by atoms with Crippen molar-refractivity contribution >= 4 is 5.91 Å². The summed E-state index contributed by atoms with van der Waals surface area (Å²) in [6.45, 7) is 1.07. The minimum Gasteiger partial charge on any atom is -0.456 e. The summed E-state index contributed by atoms with van der Waals surface area (Å²) in [5.74, 6) is -1.25. The number of aryl methyl sites for hydroxylation is 1. The van der Waals surface area contributed by atoms with Gasteiger partial charge in [-0.1, -0.05) is 35.5 Å². The van der Waals surface area contributed by atoms with E-state index in [0.717, 1.165) is 5.56 Å². The lowest BCUT2D eigenvalue weighted by molar-refractivity contribution is -0.154. The third-order valence-corrected chi connectivity index (χ3v) is 3.43. The molecule has 5 nitrogen and oxygen atoms in total. The second kappa shape index (κ2) is 6.46. The van der Waals surface area contributed by atoms with Crippen molar-refractivity contribution in [3.63, 3.8) is 0 Å². The van der Waals surface area contributed by atoms with E-state index in [-0.39, 0.29) is 23.6 Å². The van der Waals surface area contributed by atoms with Crippen LogP contribution in [0.25, 0.3) is 11.3 Å². The van der Waals surface area contributed by atoms with E-state index in [1.165, 1.54) is 19.1 Å². The second-order valence-electron chi connectivity index (χ2n) is 5.33. The highest BCUT2D eigenvalue weighted by molar-refractivity contribution is 5.93. The first-order valence-corrected chi connectivity index (χ1v) is 7.31. The molecule has 0 fully saturated rings. The molecule has 0 saturated heterocycles. The van der Waals surface area contributed by atoms with Crippen LogP contribution in [0.1, 0.15) is 27.6 Å². The number of nitrogens with one attached hydrogen (secondary N) is 1. The van der Waals surface area contributed by atoms with Gasteiger partial charge in [-0.2, -0.15) is 13.2 Å². The standard InChI is InChI=1S/C17H13F3N2O3/c1-10-7-12(15(24-10)17(18,19)20)9-21-16(23)13-8-14(25-22-13)11-5-3-2-4-6-11/h2-8H,9H2,1H3,(H,21,23). The van der Waals surface area contributed by atoms with Gasteiger partial charge in [-0.15, -0.1) is 0 Å². The highest BCUT2D eigenvalue weighted by atomic mass is 19.4. The molecule has 0 saturated carbocycles. The molecule has 130 valence electrons. The molecule has 25 heavy (non-hydrogen) atoms. The predicted molar refractivity (Wildman–Crippen MR) is 81.6 cm³/mol. The molecule has 1 aromatic carbocycles. The maximum absolute atomic E-state index is 12.9. The van der Waals surface area contributed by atoms with E-state index in [2.05, 4.69) is 14.9 Å². The van der Waals surface area contributed by atoms with Gasteiger partial charge in [-0.05, 0) is 13.0 Å². The Morgan fingerprint density at radius 1 is 1.20 bits per heavy atom. The summed E-state index contributed by atoms with van der Waals surface area (Å²) < 4.78 is 48.4. The summed E-state index contributed by atoms with van der Waals surface area (Å²) in [5.41, 5.74) is 0.566. The third kappa shape index (κ3) is 3.73. The first kappa shape index (κ1) is 16.8. The zero-order valence-electron chi connectivity index (χ0n) is 13.1. The maximum atomic E-state index is 12.9. The average molecular weight is 350 g/mol. The van der Waals surface area contributed by atoms with Crippen LogP contribution >= 0.6 is 0 Å². The van der Waals surface area contributed by atoms with Crippen LogP contribution in [0, 0.1) is 6.92 Å². The number of furan rings is 1. The summed E-state index contributed by atoms with van der Waals surface area (Å²) in [5, 5.41) is 6.03. The molecule has 0 atom stereocenters. The van der Waals surface area contributed by atoms with Crippen LogP contribution in [-0.4, -0.2) is 11.1 Å². The number of carbonyl (C=O) groups is 1. The maximum Gasteiger partial charge on any atom is 0.449 e. The topological polar surface area (TPSA) is 68.3 Å². The zero-order valence-corrected chi connectivity index (χ0v) is 13.1. The number of amides is 1. The third-order valence-electron chi connectivity index (χ3n) is 3.43. The van der Waals surface area contributed by atoms with Crippen molar-refractivity contribution in [2.24, 2.45) is 0 Å². The first-order chi connectivity index (χ1) is 11.8. The summed E-state index contributed by atoms with van der Waals surface area (Å²) in [7, 11) is 0. The summed E-state index contributed by atoms with van der Waals surface area (Å²) in [6.07, 6.45) is -4.62. The van der Waals surface area contributed by atoms with Crippen molar-refractivity contribution in [2.75, 3.05) is 0 Å². The van der Waals surface area contributed by atoms with Crippen LogP contribution in [0.4, 0.5) is 13.2 Å². The van der Waals surface area contributed by atoms with Gasteiger partial charge in [0.05, 0.1) is 0 Å². The van der Waals surface area contributed by atoms with Crippen molar-refractivity contribution in [2.45, 2.75) is 19.6 Å². The highest BCUT2D eigenvalue weighted by Gasteiger charge is 2.38. The summed E-state index contributed by atoms with van der Waals surface area (Å²) >= 11 is 0. The molecule has 0 aliphatic rings. The van der Waals surface area contributed by atoms with Gasteiger partial charge in [0.25, 0.3) is 5.91 Å². The lowest BCUT2D eigenvalue weighted by Gasteiger charge is -2.06. The molecule has 0 unspecified atom stereocenters. The number of benzene rings is 1. The van der Waals surface area contributed by atoms with Gasteiger partial charge >= 0.3 is 6.18 Å². The zero-order chi connectivity index (χ0) is 18.0. The van der Waals surface area contributed by atoms with E-state index in [0.29, 0.717) is 5.76 Å². The Kier molecular flexibility index (Phi) is 4.35. The van der Waals surface area contributed by atoms with E-state index < -0.39 is 17.8 Å². The molecule has 3 rings (SSSR count). The lowest BCUT2D eigenvalue weighted by Crippen LogP contribution is -2.24. The smallest absolute Gasteiger partial charge is 0.449 e. The van der Waals surface area contributed by atoms with E-state index in [9.17, 15) is 18.0 Å². The van der Waals surface area contributed by atoms with E-state index >= 15 is 0 Å². The van der Waals surface area contributed by atoms with Crippen LogP contribution in [0.15, 0.2) is 51.4 Å². The van der Waals surface area contributed by atoms with Gasteiger partial charge in [-0.3, -0.25) is 4.79 Å². The fourth-order valence-corrected chi connectivity index (χ4v) is 2.32. The van der Waals surface area contributed by atoms with Gasteiger partial charge in [-0.25, -0.2) is 0 Å². The normalized spacial score (nSPS) is 11.5. The molecular formula is C17H13F3N2O3. The molecule has 0 aliphatic carbocycles. The minimum atomic E-state index is -4.62. The monoisotopic (exact) mass is 350 g/mol. The van der Waals surface area contributed by atoms with Crippen LogP contribution in [0.5, 0.6) is 0 Å². The molecule has 1 amide bonds. The van der Waals surface area contributed by atoms with Crippen LogP contribution in [0.2, 0.25) is 0 Å². The Morgan fingerprint density at radius 2 is 1.92 bits per heavy atom. The Labute approximate surface area is 140 Å². The molecule has 8 heteroatoms. The van der Waals surface area contributed by atoms with E-state index in [1.54, 1.807) is 24.3 Å². The molecule has 2 heterocycles. The number of aromatic nitrogens is 1.